The van der Waals surface area contributed by atoms with Crippen molar-refractivity contribution in [1.29, 1.82) is 0 Å². The minimum atomic E-state index is -0.413. The van der Waals surface area contributed by atoms with E-state index in [4.69, 9.17) is 0 Å². The van der Waals surface area contributed by atoms with Gasteiger partial charge in [-0.1, -0.05) is 12.7 Å². The maximum atomic E-state index is 13.8. The van der Waals surface area contributed by atoms with Crippen molar-refractivity contribution in [3.63, 3.8) is 0 Å². The molecular formula is C14H11FN4. The van der Waals surface area contributed by atoms with Crippen LogP contribution in [0.4, 0.5) is 10.2 Å². The Hall–Kier alpha value is -2.56. The molecule has 19 heavy (non-hydrogen) atoms. The van der Waals surface area contributed by atoms with Gasteiger partial charge in [0.05, 0.1) is 5.69 Å². The molecule has 1 aliphatic rings. The van der Waals surface area contributed by atoms with E-state index in [0.29, 0.717) is 0 Å². The first-order valence-electron chi connectivity index (χ1n) is 5.82. The third-order valence-electron chi connectivity index (χ3n) is 2.98. The number of hydrogen-bond donors (Lipinski definition) is 1. The topological polar surface area (TPSA) is 50.7 Å². The van der Waals surface area contributed by atoms with Gasteiger partial charge >= 0.3 is 0 Å². The average Bonchev–Trinajstić information content (AvgIpc) is 2.85. The van der Waals surface area contributed by atoms with Crippen LogP contribution in [0.25, 0.3) is 5.57 Å². The molecule has 5 heteroatoms. The second-order valence-electron chi connectivity index (χ2n) is 4.11. The first-order valence-corrected chi connectivity index (χ1v) is 5.82. The van der Waals surface area contributed by atoms with Gasteiger partial charge in [-0.25, -0.2) is 19.3 Å². The van der Waals surface area contributed by atoms with Crippen molar-refractivity contribution in [1.82, 2.24) is 15.0 Å². The highest BCUT2D eigenvalue weighted by molar-refractivity contribution is 5.83. The number of nitrogens with one attached hydrogen (secondary N) is 1. The fourth-order valence-electron chi connectivity index (χ4n) is 2.11. The lowest BCUT2D eigenvalue weighted by Crippen LogP contribution is -1.98. The molecule has 0 spiro atoms. The van der Waals surface area contributed by atoms with Gasteiger partial charge in [0.1, 0.15) is 6.33 Å². The molecule has 1 aliphatic carbocycles. The Morgan fingerprint density at radius 1 is 1.32 bits per heavy atom. The van der Waals surface area contributed by atoms with E-state index in [2.05, 4.69) is 26.8 Å². The summed E-state index contributed by atoms with van der Waals surface area (Å²) in [6.45, 7) is 3.48. The summed E-state index contributed by atoms with van der Waals surface area (Å²) in [6, 6.07) is 1.45. The molecule has 0 atom stereocenters. The minimum Gasteiger partial charge on any atom is -0.345 e. The predicted octanol–water partition coefficient (Wildman–Crippen LogP) is 2.55. The number of rotatable bonds is 3. The second kappa shape index (κ2) is 4.61. The van der Waals surface area contributed by atoms with E-state index in [-0.39, 0.29) is 5.82 Å². The fourth-order valence-corrected chi connectivity index (χ4v) is 2.11. The first kappa shape index (κ1) is 11.5. The van der Waals surface area contributed by atoms with Crippen LogP contribution in [0, 0.1) is 5.82 Å². The van der Waals surface area contributed by atoms with E-state index in [9.17, 15) is 4.39 Å². The summed E-state index contributed by atoms with van der Waals surface area (Å²) in [5.41, 5.74) is 3.54. The SMILES string of the molecule is C=CNc1ncc(C2=CCc3ncncc32)cc1F. The lowest BCUT2D eigenvalue weighted by molar-refractivity contribution is 0.626. The Bertz CT molecular complexity index is 679. The van der Waals surface area contributed by atoms with Crippen molar-refractivity contribution in [3.05, 3.63) is 66.3 Å². The lowest BCUT2D eigenvalue weighted by Gasteiger charge is -2.07. The molecule has 0 bridgehead atoms. The molecular weight excluding hydrogens is 243 g/mol. The molecule has 0 unspecified atom stereocenters. The van der Waals surface area contributed by atoms with Gasteiger partial charge in [0.2, 0.25) is 0 Å². The smallest absolute Gasteiger partial charge is 0.166 e. The van der Waals surface area contributed by atoms with Gasteiger partial charge in [0, 0.05) is 29.9 Å². The van der Waals surface area contributed by atoms with Gasteiger partial charge in [-0.2, -0.15) is 0 Å². The number of fused-ring (bicyclic) bond motifs is 1. The van der Waals surface area contributed by atoms with Crippen molar-refractivity contribution >= 4 is 11.4 Å². The fraction of sp³-hybridized carbons (Fsp3) is 0.0714. The van der Waals surface area contributed by atoms with Crippen LogP contribution in [-0.2, 0) is 6.42 Å². The Balaban J connectivity index is 2.01. The normalized spacial score (nSPS) is 12.8. The van der Waals surface area contributed by atoms with Gasteiger partial charge < -0.3 is 5.32 Å². The highest BCUT2D eigenvalue weighted by Gasteiger charge is 2.18. The van der Waals surface area contributed by atoms with Gasteiger partial charge in [0.15, 0.2) is 11.6 Å². The van der Waals surface area contributed by atoms with Gasteiger partial charge in [-0.15, -0.1) is 0 Å². The Labute approximate surface area is 109 Å². The van der Waals surface area contributed by atoms with Crippen LogP contribution in [0.5, 0.6) is 0 Å². The molecule has 0 saturated heterocycles. The largest absolute Gasteiger partial charge is 0.345 e. The molecule has 2 aromatic heterocycles. The molecule has 0 radical (unpaired) electrons. The quantitative estimate of drug-likeness (QED) is 0.914. The van der Waals surface area contributed by atoms with Crippen LogP contribution in [0.15, 0.2) is 43.6 Å². The van der Waals surface area contributed by atoms with Gasteiger partial charge in [-0.3, -0.25) is 0 Å². The second-order valence-corrected chi connectivity index (χ2v) is 4.11. The molecule has 0 amide bonds. The van der Waals surface area contributed by atoms with Gasteiger partial charge in [-0.05, 0) is 17.8 Å². The van der Waals surface area contributed by atoms with E-state index >= 15 is 0 Å². The average molecular weight is 254 g/mol. The van der Waals surface area contributed by atoms with Crippen LogP contribution in [0.1, 0.15) is 16.8 Å². The van der Waals surface area contributed by atoms with E-state index in [1.807, 2.05) is 6.08 Å². The summed E-state index contributed by atoms with van der Waals surface area (Å²) in [6.07, 6.45) is 9.03. The van der Waals surface area contributed by atoms with Crippen LogP contribution in [-0.4, -0.2) is 15.0 Å². The van der Waals surface area contributed by atoms with Gasteiger partial charge in [0.25, 0.3) is 0 Å². The molecule has 1 N–H and O–H groups in total. The van der Waals surface area contributed by atoms with Crippen LogP contribution in [0.3, 0.4) is 0 Å². The van der Waals surface area contributed by atoms with Crippen LogP contribution < -0.4 is 5.32 Å². The van der Waals surface area contributed by atoms with E-state index in [1.54, 1.807) is 12.4 Å². The first-order chi connectivity index (χ1) is 9.29. The van der Waals surface area contributed by atoms with Crippen molar-refractivity contribution in [3.8, 4) is 0 Å². The van der Waals surface area contributed by atoms with E-state index < -0.39 is 5.82 Å². The van der Waals surface area contributed by atoms with Crippen LogP contribution >= 0.6 is 0 Å². The van der Waals surface area contributed by atoms with Crippen molar-refractivity contribution in [2.24, 2.45) is 0 Å². The summed E-state index contributed by atoms with van der Waals surface area (Å²) in [4.78, 5) is 12.3. The highest BCUT2D eigenvalue weighted by atomic mass is 19.1. The Kier molecular flexibility index (Phi) is 2.79. The lowest BCUT2D eigenvalue weighted by atomic mass is 10.0. The standard InChI is InChI=1S/C14H11FN4/c1-2-17-14-12(15)5-9(6-18-14)10-3-4-13-11(10)7-16-8-19-13/h2-3,5-8H,1,4H2,(H,17,18). The Morgan fingerprint density at radius 3 is 3.00 bits per heavy atom. The molecule has 0 saturated carbocycles. The number of aromatic nitrogens is 3. The van der Waals surface area contributed by atoms with Crippen molar-refractivity contribution in [2.45, 2.75) is 6.42 Å². The molecule has 0 fully saturated rings. The number of halogens is 1. The number of anilines is 1. The molecule has 0 aliphatic heterocycles. The van der Waals surface area contributed by atoms with E-state index in [1.165, 1.54) is 18.6 Å². The summed E-state index contributed by atoms with van der Waals surface area (Å²) >= 11 is 0. The predicted molar refractivity (Wildman–Crippen MR) is 70.8 cm³/mol. The zero-order valence-corrected chi connectivity index (χ0v) is 10.1. The monoisotopic (exact) mass is 254 g/mol. The number of nitrogens with zero attached hydrogens (tertiary/aromatic N) is 3. The molecule has 4 nitrogen and oxygen atoms in total. The third-order valence-corrected chi connectivity index (χ3v) is 2.98. The highest BCUT2D eigenvalue weighted by Crippen LogP contribution is 2.31. The number of allylic oxidation sites excluding steroid dienone is 1. The summed E-state index contributed by atoms with van der Waals surface area (Å²) in [5.74, 6) is -0.245. The summed E-state index contributed by atoms with van der Waals surface area (Å²) in [7, 11) is 0. The number of pyridine rings is 1. The zero-order valence-electron chi connectivity index (χ0n) is 10.1. The summed E-state index contributed by atoms with van der Waals surface area (Å²) < 4.78 is 13.8. The Morgan fingerprint density at radius 2 is 2.21 bits per heavy atom. The maximum Gasteiger partial charge on any atom is 0.166 e. The molecule has 2 heterocycles. The maximum absolute atomic E-state index is 13.8. The minimum absolute atomic E-state index is 0.168. The van der Waals surface area contributed by atoms with Crippen LogP contribution in [0.2, 0.25) is 0 Å². The molecule has 3 rings (SSSR count). The molecule has 0 aromatic carbocycles. The molecule has 2 aromatic rings. The van der Waals surface area contributed by atoms with Crippen molar-refractivity contribution < 1.29 is 4.39 Å². The van der Waals surface area contributed by atoms with E-state index in [0.717, 1.165) is 28.8 Å². The molecule has 94 valence electrons. The number of hydrogen-bond acceptors (Lipinski definition) is 4. The van der Waals surface area contributed by atoms with Crippen molar-refractivity contribution in [2.75, 3.05) is 5.32 Å². The zero-order chi connectivity index (χ0) is 13.2. The summed E-state index contributed by atoms with van der Waals surface area (Å²) in [5, 5.41) is 2.65. The third kappa shape index (κ3) is 1.99.